The average Bonchev–Trinajstić information content (AvgIpc) is 3.09. The monoisotopic (exact) mass is 336 g/mol. The molecule has 0 spiro atoms. The van der Waals surface area contributed by atoms with Gasteiger partial charge >= 0.3 is 6.18 Å². The van der Waals surface area contributed by atoms with Crippen LogP contribution in [0.2, 0.25) is 0 Å². The molecule has 1 aromatic heterocycles. The summed E-state index contributed by atoms with van der Waals surface area (Å²) in [6, 6.07) is 10.8. The number of rotatable bonds is 3. The minimum absolute atomic E-state index is 0.110. The molecule has 126 valence electrons. The zero-order valence-corrected chi connectivity index (χ0v) is 12.7. The van der Waals surface area contributed by atoms with Gasteiger partial charge in [-0.05, 0) is 30.7 Å². The van der Waals surface area contributed by atoms with Crippen LogP contribution in [-0.2, 0) is 10.9 Å². The number of nitrogens with zero attached hydrogens (tertiary/aromatic N) is 2. The number of anilines is 1. The van der Waals surface area contributed by atoms with E-state index in [-0.39, 0.29) is 11.6 Å². The fraction of sp³-hybridized carbons (Fsp3) is 0.294. The standard InChI is InChI=1S/C17H15F3N2O2/c18-17(19,20)15-7-6-12(10-21-15)16(23)22(14-8-9-24-11-14)13-4-2-1-3-5-13/h1-7,10,14H,8-9,11H2/t14-/m1/s1. The highest BCUT2D eigenvalue weighted by Crippen LogP contribution is 2.28. The number of para-hydroxylation sites is 1. The van der Waals surface area contributed by atoms with Crippen LogP contribution in [-0.4, -0.2) is 30.1 Å². The van der Waals surface area contributed by atoms with Crippen molar-refractivity contribution in [3.05, 3.63) is 59.9 Å². The van der Waals surface area contributed by atoms with E-state index in [9.17, 15) is 18.0 Å². The molecule has 3 rings (SSSR count). The molecule has 0 saturated carbocycles. The normalized spacial score (nSPS) is 17.7. The highest BCUT2D eigenvalue weighted by molar-refractivity contribution is 6.06. The summed E-state index contributed by atoms with van der Waals surface area (Å²) < 4.78 is 43.2. The smallest absolute Gasteiger partial charge is 0.379 e. The van der Waals surface area contributed by atoms with E-state index in [4.69, 9.17) is 4.74 Å². The minimum atomic E-state index is -4.53. The number of alkyl halides is 3. The number of carbonyl (C=O) groups excluding carboxylic acids is 1. The lowest BCUT2D eigenvalue weighted by molar-refractivity contribution is -0.141. The van der Waals surface area contributed by atoms with E-state index in [0.29, 0.717) is 25.3 Å². The van der Waals surface area contributed by atoms with Crippen molar-refractivity contribution < 1.29 is 22.7 Å². The van der Waals surface area contributed by atoms with E-state index in [2.05, 4.69) is 4.98 Å². The summed E-state index contributed by atoms with van der Waals surface area (Å²) in [4.78, 5) is 17.8. The maximum atomic E-state index is 12.8. The number of hydrogen-bond donors (Lipinski definition) is 0. The number of carbonyl (C=O) groups is 1. The summed E-state index contributed by atoms with van der Waals surface area (Å²) in [5, 5.41) is 0. The molecule has 1 aliphatic heterocycles. The molecule has 1 amide bonds. The molecule has 7 heteroatoms. The molecule has 2 aromatic rings. The fourth-order valence-electron chi connectivity index (χ4n) is 2.64. The Hall–Kier alpha value is -2.41. The summed E-state index contributed by atoms with van der Waals surface area (Å²) >= 11 is 0. The number of pyridine rings is 1. The van der Waals surface area contributed by atoms with Crippen molar-refractivity contribution >= 4 is 11.6 Å². The summed E-state index contributed by atoms with van der Waals surface area (Å²) in [5.74, 6) is -0.391. The van der Waals surface area contributed by atoms with Gasteiger partial charge in [-0.25, -0.2) is 0 Å². The largest absolute Gasteiger partial charge is 0.433 e. The van der Waals surface area contributed by atoms with Crippen LogP contribution in [0.3, 0.4) is 0 Å². The first-order chi connectivity index (χ1) is 11.5. The fourth-order valence-corrected chi connectivity index (χ4v) is 2.64. The van der Waals surface area contributed by atoms with Gasteiger partial charge in [0.25, 0.3) is 5.91 Å². The van der Waals surface area contributed by atoms with Crippen molar-refractivity contribution in [3.63, 3.8) is 0 Å². The van der Waals surface area contributed by atoms with Crippen molar-refractivity contribution in [2.75, 3.05) is 18.1 Å². The van der Waals surface area contributed by atoms with E-state index >= 15 is 0 Å². The van der Waals surface area contributed by atoms with E-state index < -0.39 is 17.8 Å². The van der Waals surface area contributed by atoms with Crippen LogP contribution in [0.1, 0.15) is 22.5 Å². The SMILES string of the molecule is O=C(c1ccc(C(F)(F)F)nc1)N(c1ccccc1)[C@@H]1CCOC1. The van der Waals surface area contributed by atoms with Gasteiger partial charge in [-0.15, -0.1) is 0 Å². The molecule has 24 heavy (non-hydrogen) atoms. The van der Waals surface area contributed by atoms with Gasteiger partial charge in [-0.2, -0.15) is 13.2 Å². The number of hydrogen-bond acceptors (Lipinski definition) is 3. The summed E-state index contributed by atoms with van der Waals surface area (Å²) in [7, 11) is 0. The molecule has 1 aliphatic rings. The zero-order valence-electron chi connectivity index (χ0n) is 12.7. The Morgan fingerprint density at radius 1 is 1.17 bits per heavy atom. The molecule has 2 heterocycles. The average molecular weight is 336 g/mol. The lowest BCUT2D eigenvalue weighted by Crippen LogP contribution is -2.41. The quantitative estimate of drug-likeness (QED) is 0.861. The second kappa shape index (κ2) is 6.60. The first-order valence-electron chi connectivity index (χ1n) is 7.46. The third-order valence-corrected chi connectivity index (χ3v) is 3.82. The number of ether oxygens (including phenoxy) is 1. The Labute approximate surface area is 136 Å². The summed E-state index contributed by atoms with van der Waals surface area (Å²) in [6.07, 6.45) is -2.88. The first kappa shape index (κ1) is 16.4. The van der Waals surface area contributed by atoms with E-state index in [1.165, 1.54) is 0 Å². The molecule has 0 radical (unpaired) electrons. The first-order valence-corrected chi connectivity index (χ1v) is 7.46. The molecule has 0 N–H and O–H groups in total. The third kappa shape index (κ3) is 3.41. The highest BCUT2D eigenvalue weighted by atomic mass is 19.4. The molecule has 0 bridgehead atoms. The second-order valence-electron chi connectivity index (χ2n) is 5.46. The van der Waals surface area contributed by atoms with Crippen LogP contribution in [0.15, 0.2) is 48.7 Å². The Morgan fingerprint density at radius 2 is 1.92 bits per heavy atom. The van der Waals surface area contributed by atoms with Gasteiger partial charge in [-0.3, -0.25) is 9.78 Å². The number of amides is 1. The number of aromatic nitrogens is 1. The van der Waals surface area contributed by atoms with Gasteiger partial charge in [0.1, 0.15) is 5.69 Å². The van der Waals surface area contributed by atoms with Crippen molar-refractivity contribution in [2.45, 2.75) is 18.6 Å². The molecule has 1 atom stereocenters. The summed E-state index contributed by atoms with van der Waals surface area (Å²) in [6.45, 7) is 0.946. The Balaban J connectivity index is 1.91. The lowest BCUT2D eigenvalue weighted by Gasteiger charge is -2.28. The zero-order chi connectivity index (χ0) is 17.2. The maximum Gasteiger partial charge on any atom is 0.433 e. The molecule has 4 nitrogen and oxygen atoms in total. The summed E-state index contributed by atoms with van der Waals surface area (Å²) in [5.41, 5.74) is -0.230. The van der Waals surface area contributed by atoms with Gasteiger partial charge in [-0.1, -0.05) is 18.2 Å². The van der Waals surface area contributed by atoms with Gasteiger partial charge < -0.3 is 9.64 Å². The van der Waals surface area contributed by atoms with E-state index in [1.807, 2.05) is 6.07 Å². The van der Waals surface area contributed by atoms with Gasteiger partial charge in [0.2, 0.25) is 0 Å². The molecular formula is C17H15F3N2O2. The van der Waals surface area contributed by atoms with E-state index in [1.54, 1.807) is 29.2 Å². The molecule has 1 aromatic carbocycles. The van der Waals surface area contributed by atoms with Gasteiger partial charge in [0.15, 0.2) is 0 Å². The van der Waals surface area contributed by atoms with Crippen LogP contribution >= 0.6 is 0 Å². The molecular weight excluding hydrogens is 321 g/mol. The third-order valence-electron chi connectivity index (χ3n) is 3.82. The van der Waals surface area contributed by atoms with Crippen LogP contribution < -0.4 is 4.90 Å². The topological polar surface area (TPSA) is 42.4 Å². The molecule has 1 fully saturated rings. The van der Waals surface area contributed by atoms with Crippen molar-refractivity contribution in [1.82, 2.24) is 4.98 Å². The van der Waals surface area contributed by atoms with Gasteiger partial charge in [0.05, 0.1) is 18.2 Å². The van der Waals surface area contributed by atoms with Crippen LogP contribution in [0.5, 0.6) is 0 Å². The predicted molar refractivity (Wildman–Crippen MR) is 81.7 cm³/mol. The minimum Gasteiger partial charge on any atom is -0.379 e. The second-order valence-corrected chi connectivity index (χ2v) is 5.46. The van der Waals surface area contributed by atoms with Crippen LogP contribution in [0, 0.1) is 0 Å². The highest BCUT2D eigenvalue weighted by Gasteiger charge is 2.33. The van der Waals surface area contributed by atoms with Crippen LogP contribution in [0.4, 0.5) is 18.9 Å². The Bertz CT molecular complexity index is 696. The maximum absolute atomic E-state index is 12.8. The van der Waals surface area contributed by atoms with E-state index in [0.717, 1.165) is 18.3 Å². The van der Waals surface area contributed by atoms with Crippen molar-refractivity contribution in [2.24, 2.45) is 0 Å². The Kier molecular flexibility index (Phi) is 4.53. The van der Waals surface area contributed by atoms with Crippen LogP contribution in [0.25, 0.3) is 0 Å². The molecule has 0 aliphatic carbocycles. The lowest BCUT2D eigenvalue weighted by atomic mass is 10.1. The number of halogens is 3. The Morgan fingerprint density at radius 3 is 2.46 bits per heavy atom. The van der Waals surface area contributed by atoms with Crippen molar-refractivity contribution in [3.8, 4) is 0 Å². The van der Waals surface area contributed by atoms with Gasteiger partial charge in [0, 0.05) is 18.5 Å². The molecule has 1 saturated heterocycles. The van der Waals surface area contributed by atoms with Crippen molar-refractivity contribution in [1.29, 1.82) is 0 Å². The predicted octanol–water partition coefficient (Wildman–Crippen LogP) is 3.54. The number of benzene rings is 1. The molecule has 0 unspecified atom stereocenters.